The molecule has 0 aromatic rings. The highest BCUT2D eigenvalue weighted by Crippen LogP contribution is 2.37. The molecule has 0 amide bonds. The Labute approximate surface area is 188 Å². The van der Waals surface area contributed by atoms with Crippen LogP contribution in [0.4, 0.5) is 0 Å². The molecule has 180 valence electrons. The lowest BCUT2D eigenvalue weighted by molar-refractivity contribution is 0.0661. The van der Waals surface area contributed by atoms with E-state index in [-0.39, 0.29) is 0 Å². The van der Waals surface area contributed by atoms with Crippen molar-refractivity contribution in [2.24, 2.45) is 11.8 Å². The highest BCUT2D eigenvalue weighted by atomic mass is 28.4. The maximum atomic E-state index is 6.02. The van der Waals surface area contributed by atoms with E-state index >= 15 is 0 Å². The third-order valence-corrected chi connectivity index (χ3v) is 12.0. The lowest BCUT2D eigenvalue weighted by atomic mass is 9.80. The maximum absolute atomic E-state index is 6.02. The fourth-order valence-electron chi connectivity index (χ4n) is 4.57. The summed E-state index contributed by atoms with van der Waals surface area (Å²) in [6.07, 6.45) is 7.43. The first-order valence-electron chi connectivity index (χ1n) is 12.4. The minimum Gasteiger partial charge on any atom is -0.374 e. The summed E-state index contributed by atoms with van der Waals surface area (Å²) in [5.41, 5.74) is 0. The van der Waals surface area contributed by atoms with E-state index in [1.54, 1.807) is 0 Å². The van der Waals surface area contributed by atoms with Crippen LogP contribution in [0.25, 0.3) is 0 Å². The molecule has 1 fully saturated rings. The molecule has 0 N–H and O–H groups in total. The Balaban J connectivity index is 2.49. The zero-order valence-corrected chi connectivity index (χ0v) is 22.5. The van der Waals surface area contributed by atoms with Gasteiger partial charge in [-0.1, -0.05) is 25.7 Å². The van der Waals surface area contributed by atoms with Gasteiger partial charge in [0.2, 0.25) is 0 Å². The van der Waals surface area contributed by atoms with Gasteiger partial charge < -0.3 is 26.6 Å². The monoisotopic (exact) mass is 464 g/mol. The molecule has 0 heterocycles. The third kappa shape index (κ3) is 9.77. The maximum Gasteiger partial charge on any atom is 0.500 e. The average molecular weight is 465 g/mol. The van der Waals surface area contributed by atoms with Crippen molar-refractivity contribution in [3.8, 4) is 0 Å². The molecule has 6 nitrogen and oxygen atoms in total. The predicted octanol–water partition coefficient (Wildman–Crippen LogP) is 5.67. The topological polar surface area (TPSA) is 55.4 Å². The largest absolute Gasteiger partial charge is 0.500 e. The van der Waals surface area contributed by atoms with E-state index in [4.69, 9.17) is 26.6 Å². The van der Waals surface area contributed by atoms with Gasteiger partial charge >= 0.3 is 17.6 Å². The Morgan fingerprint density at radius 1 is 0.467 bits per heavy atom. The van der Waals surface area contributed by atoms with Gasteiger partial charge in [-0.05, 0) is 66.2 Å². The van der Waals surface area contributed by atoms with Crippen molar-refractivity contribution >= 4 is 17.6 Å². The van der Waals surface area contributed by atoms with Crippen LogP contribution in [0.2, 0.25) is 12.1 Å². The van der Waals surface area contributed by atoms with Crippen molar-refractivity contribution in [2.75, 3.05) is 39.6 Å². The number of hydrogen-bond donors (Lipinski definition) is 0. The zero-order valence-electron chi connectivity index (χ0n) is 20.5. The Morgan fingerprint density at radius 3 is 0.900 bits per heavy atom. The van der Waals surface area contributed by atoms with E-state index in [2.05, 4.69) is 0 Å². The molecule has 1 saturated carbocycles. The molecule has 1 aliphatic carbocycles. The first kappa shape index (κ1) is 28.2. The summed E-state index contributed by atoms with van der Waals surface area (Å²) in [6, 6.07) is 1.87. The smallest absolute Gasteiger partial charge is 0.374 e. The van der Waals surface area contributed by atoms with E-state index in [9.17, 15) is 0 Å². The van der Waals surface area contributed by atoms with Crippen LogP contribution in [0, 0.1) is 11.8 Å². The van der Waals surface area contributed by atoms with Crippen LogP contribution in [0.5, 0.6) is 0 Å². The van der Waals surface area contributed by atoms with Gasteiger partial charge in [-0.25, -0.2) is 0 Å². The van der Waals surface area contributed by atoms with E-state index in [1.165, 1.54) is 25.7 Å². The average Bonchev–Trinajstić information content (AvgIpc) is 2.73. The second-order valence-electron chi connectivity index (χ2n) is 7.93. The van der Waals surface area contributed by atoms with Gasteiger partial charge in [0.1, 0.15) is 0 Å². The van der Waals surface area contributed by atoms with Gasteiger partial charge in [-0.2, -0.15) is 0 Å². The highest BCUT2D eigenvalue weighted by molar-refractivity contribution is 6.61. The van der Waals surface area contributed by atoms with Crippen molar-refractivity contribution in [3.63, 3.8) is 0 Å². The number of hydrogen-bond acceptors (Lipinski definition) is 6. The van der Waals surface area contributed by atoms with Crippen molar-refractivity contribution in [2.45, 2.75) is 92.2 Å². The highest BCUT2D eigenvalue weighted by Gasteiger charge is 2.42. The zero-order chi connectivity index (χ0) is 22.3. The molecule has 1 rings (SSSR count). The molecule has 0 aromatic heterocycles. The summed E-state index contributed by atoms with van der Waals surface area (Å²) in [5.74, 6) is 1.50. The summed E-state index contributed by atoms with van der Waals surface area (Å²) in [6.45, 7) is 16.1. The lowest BCUT2D eigenvalue weighted by Gasteiger charge is -2.34. The third-order valence-electron chi connectivity index (χ3n) is 5.87. The second kappa shape index (κ2) is 15.9. The van der Waals surface area contributed by atoms with E-state index < -0.39 is 17.6 Å². The minimum atomic E-state index is -2.51. The Morgan fingerprint density at radius 2 is 0.700 bits per heavy atom. The second-order valence-corrected chi connectivity index (χ2v) is 13.4. The van der Waals surface area contributed by atoms with Crippen molar-refractivity contribution in [1.29, 1.82) is 0 Å². The summed E-state index contributed by atoms with van der Waals surface area (Å²) < 4.78 is 36.1. The molecule has 30 heavy (non-hydrogen) atoms. The summed E-state index contributed by atoms with van der Waals surface area (Å²) in [7, 11) is -5.02. The number of rotatable bonds is 18. The van der Waals surface area contributed by atoms with Crippen LogP contribution in [0.3, 0.4) is 0 Å². The van der Waals surface area contributed by atoms with Gasteiger partial charge in [-0.15, -0.1) is 0 Å². The first-order chi connectivity index (χ1) is 14.5. The van der Waals surface area contributed by atoms with Crippen LogP contribution in [-0.4, -0.2) is 57.3 Å². The first-order valence-corrected chi connectivity index (χ1v) is 16.2. The molecule has 0 radical (unpaired) electrons. The summed E-state index contributed by atoms with van der Waals surface area (Å²) in [5, 5.41) is 0. The van der Waals surface area contributed by atoms with Crippen LogP contribution >= 0.6 is 0 Å². The summed E-state index contributed by atoms with van der Waals surface area (Å²) >= 11 is 0. The molecule has 0 spiro atoms. The standard InChI is InChI=1S/C22H48O6Si2/c1-7-23-29(24-8-2,25-9-3)19-17-21-13-15-22(16-14-21)18-20-30(26-10-4,27-11-5)28-12-6/h21-22H,7-20H2,1-6H3. The minimum absolute atomic E-state index is 0.657. The SMILES string of the molecule is CCO[Si](CCC1CCC(CC[Si](OCC)(OCC)OCC)CC1)(OCC)OCC. The fraction of sp³-hybridized carbons (Fsp3) is 1.00. The van der Waals surface area contributed by atoms with Gasteiger partial charge in [0.25, 0.3) is 0 Å². The Kier molecular flexibility index (Phi) is 15.0. The molecule has 0 atom stereocenters. The molecular formula is C22H48O6Si2. The lowest BCUT2D eigenvalue weighted by Crippen LogP contribution is -2.46. The van der Waals surface area contributed by atoms with Gasteiger partial charge in [0.15, 0.2) is 0 Å². The Bertz CT molecular complexity index is 346. The normalized spacial score (nSPS) is 20.6. The van der Waals surface area contributed by atoms with Gasteiger partial charge in [-0.3, -0.25) is 0 Å². The molecular weight excluding hydrogens is 416 g/mol. The van der Waals surface area contributed by atoms with E-state index in [1.807, 2.05) is 41.5 Å². The van der Waals surface area contributed by atoms with Gasteiger partial charge in [0.05, 0.1) is 0 Å². The van der Waals surface area contributed by atoms with Crippen LogP contribution in [0.15, 0.2) is 0 Å². The van der Waals surface area contributed by atoms with Crippen LogP contribution in [0.1, 0.15) is 80.1 Å². The summed E-state index contributed by atoms with van der Waals surface area (Å²) in [4.78, 5) is 0. The Hall–Kier alpha value is 0.194. The van der Waals surface area contributed by atoms with Crippen LogP contribution < -0.4 is 0 Å². The molecule has 0 bridgehead atoms. The van der Waals surface area contributed by atoms with E-state index in [0.717, 1.165) is 36.8 Å². The van der Waals surface area contributed by atoms with Crippen LogP contribution in [-0.2, 0) is 26.6 Å². The molecule has 1 aliphatic rings. The quantitative estimate of drug-likeness (QED) is 0.244. The van der Waals surface area contributed by atoms with Crippen molar-refractivity contribution < 1.29 is 26.6 Å². The molecule has 0 saturated heterocycles. The van der Waals surface area contributed by atoms with Gasteiger partial charge in [0, 0.05) is 51.7 Å². The molecule has 0 aliphatic heterocycles. The fourth-order valence-corrected chi connectivity index (χ4v) is 10.1. The predicted molar refractivity (Wildman–Crippen MR) is 126 cm³/mol. The molecule has 8 heteroatoms. The van der Waals surface area contributed by atoms with E-state index in [0.29, 0.717) is 39.6 Å². The van der Waals surface area contributed by atoms with Crippen molar-refractivity contribution in [3.05, 3.63) is 0 Å². The molecule has 0 unspecified atom stereocenters. The van der Waals surface area contributed by atoms with Crippen molar-refractivity contribution in [1.82, 2.24) is 0 Å². The molecule has 0 aromatic carbocycles.